The lowest BCUT2D eigenvalue weighted by atomic mass is 9.96. The van der Waals surface area contributed by atoms with Gasteiger partial charge in [-0.2, -0.15) is 11.3 Å². The Balaban J connectivity index is 1.69. The van der Waals surface area contributed by atoms with Crippen LogP contribution in [-0.2, 0) is 6.54 Å². The number of rotatable bonds is 5. The smallest absolute Gasteiger partial charge is 0.0446 e. The zero-order chi connectivity index (χ0) is 12.2. The molecule has 1 aliphatic carbocycles. The first-order chi connectivity index (χ1) is 8.93. The lowest BCUT2D eigenvalue weighted by molar-refractivity contribution is 0.371. The molecule has 96 valence electrons. The van der Waals surface area contributed by atoms with Gasteiger partial charge in [0, 0.05) is 17.5 Å². The summed E-state index contributed by atoms with van der Waals surface area (Å²) in [4.78, 5) is 1.51. The van der Waals surface area contributed by atoms with Crippen LogP contribution in [0.2, 0.25) is 0 Å². The molecule has 1 unspecified atom stereocenters. The van der Waals surface area contributed by atoms with Gasteiger partial charge in [0.15, 0.2) is 0 Å². The second kappa shape index (κ2) is 6.00. The highest BCUT2D eigenvalue weighted by Gasteiger charge is 2.26. The van der Waals surface area contributed by atoms with Crippen LogP contribution in [0.15, 0.2) is 34.3 Å². The molecule has 1 aliphatic rings. The third-order valence-corrected chi connectivity index (χ3v) is 5.51. The van der Waals surface area contributed by atoms with E-state index in [9.17, 15) is 0 Å². The number of thiophene rings is 2. The van der Waals surface area contributed by atoms with E-state index in [2.05, 4.69) is 39.7 Å². The van der Waals surface area contributed by atoms with Crippen LogP contribution >= 0.6 is 22.7 Å². The van der Waals surface area contributed by atoms with E-state index < -0.39 is 0 Å². The molecule has 1 saturated carbocycles. The highest BCUT2D eigenvalue weighted by atomic mass is 32.1. The van der Waals surface area contributed by atoms with Gasteiger partial charge in [-0.15, -0.1) is 11.3 Å². The van der Waals surface area contributed by atoms with E-state index in [1.165, 1.54) is 36.1 Å². The van der Waals surface area contributed by atoms with Crippen molar-refractivity contribution in [3.8, 4) is 0 Å². The molecule has 2 heterocycles. The van der Waals surface area contributed by atoms with Crippen LogP contribution in [0.1, 0.15) is 42.2 Å². The summed E-state index contributed by atoms with van der Waals surface area (Å²) in [5.74, 6) is 0.835. The second-order valence-corrected chi connectivity index (χ2v) is 6.81. The van der Waals surface area contributed by atoms with E-state index in [4.69, 9.17) is 0 Å². The highest BCUT2D eigenvalue weighted by molar-refractivity contribution is 7.10. The maximum Gasteiger partial charge on any atom is 0.0446 e. The summed E-state index contributed by atoms with van der Waals surface area (Å²) in [5.41, 5.74) is 1.42. The fourth-order valence-electron chi connectivity index (χ4n) is 2.88. The topological polar surface area (TPSA) is 12.0 Å². The van der Waals surface area contributed by atoms with Gasteiger partial charge in [-0.3, -0.25) is 0 Å². The first-order valence-electron chi connectivity index (χ1n) is 6.71. The molecule has 0 spiro atoms. The standard InChI is InChI=1S/C15H19NS2/c1-2-5-13(4-1)15(14-6-3-8-18-14)16-10-12-7-9-17-11-12/h3,6-9,11,13,15-16H,1-2,4-5,10H2. The normalized spacial score (nSPS) is 18.2. The molecule has 0 radical (unpaired) electrons. The van der Waals surface area contributed by atoms with Gasteiger partial charge >= 0.3 is 0 Å². The molecule has 0 aliphatic heterocycles. The third kappa shape index (κ3) is 2.85. The van der Waals surface area contributed by atoms with Gasteiger partial charge in [0.2, 0.25) is 0 Å². The molecule has 1 N–H and O–H groups in total. The highest BCUT2D eigenvalue weighted by Crippen LogP contribution is 2.37. The number of nitrogens with one attached hydrogen (secondary N) is 1. The van der Waals surface area contributed by atoms with Crippen molar-refractivity contribution in [1.29, 1.82) is 0 Å². The lowest BCUT2D eigenvalue weighted by Gasteiger charge is -2.23. The molecule has 3 heteroatoms. The Kier molecular flexibility index (Phi) is 4.13. The van der Waals surface area contributed by atoms with Gasteiger partial charge in [0.25, 0.3) is 0 Å². The molecule has 1 nitrogen and oxygen atoms in total. The number of hydrogen-bond acceptors (Lipinski definition) is 3. The molecule has 0 bridgehead atoms. The Labute approximate surface area is 117 Å². The summed E-state index contributed by atoms with van der Waals surface area (Å²) in [7, 11) is 0. The van der Waals surface area contributed by atoms with Crippen LogP contribution in [0.5, 0.6) is 0 Å². The minimum Gasteiger partial charge on any atom is -0.305 e. The van der Waals surface area contributed by atoms with Gasteiger partial charge in [-0.25, -0.2) is 0 Å². The quantitative estimate of drug-likeness (QED) is 0.825. The molecule has 2 aromatic heterocycles. The van der Waals surface area contributed by atoms with Gasteiger partial charge in [-0.05, 0) is 52.6 Å². The zero-order valence-electron chi connectivity index (χ0n) is 10.5. The zero-order valence-corrected chi connectivity index (χ0v) is 12.1. The molecular formula is C15H19NS2. The van der Waals surface area contributed by atoms with Crippen LogP contribution in [0.25, 0.3) is 0 Å². The molecular weight excluding hydrogens is 258 g/mol. The molecule has 0 aromatic carbocycles. The second-order valence-electron chi connectivity index (χ2n) is 5.05. The summed E-state index contributed by atoms with van der Waals surface area (Å²) < 4.78 is 0. The predicted molar refractivity (Wildman–Crippen MR) is 80.2 cm³/mol. The van der Waals surface area contributed by atoms with Crippen LogP contribution in [0.4, 0.5) is 0 Å². The van der Waals surface area contributed by atoms with Gasteiger partial charge in [0.1, 0.15) is 0 Å². The Morgan fingerprint density at radius 2 is 2.11 bits per heavy atom. The van der Waals surface area contributed by atoms with Gasteiger partial charge in [-0.1, -0.05) is 18.9 Å². The molecule has 0 amide bonds. The Bertz CT molecular complexity index is 441. The summed E-state index contributed by atoms with van der Waals surface area (Å²) in [6.07, 6.45) is 5.59. The van der Waals surface area contributed by atoms with Crippen molar-refractivity contribution in [3.05, 3.63) is 44.8 Å². The van der Waals surface area contributed by atoms with Crippen LogP contribution in [0, 0.1) is 5.92 Å². The van der Waals surface area contributed by atoms with Crippen molar-refractivity contribution >= 4 is 22.7 Å². The molecule has 2 aromatic rings. The Hall–Kier alpha value is -0.640. The van der Waals surface area contributed by atoms with E-state index in [-0.39, 0.29) is 0 Å². The molecule has 18 heavy (non-hydrogen) atoms. The van der Waals surface area contributed by atoms with Crippen molar-refractivity contribution in [2.24, 2.45) is 5.92 Å². The maximum atomic E-state index is 3.78. The van der Waals surface area contributed by atoms with Gasteiger partial charge < -0.3 is 5.32 Å². The molecule has 1 fully saturated rings. The third-order valence-electron chi connectivity index (χ3n) is 3.83. The Morgan fingerprint density at radius 1 is 1.22 bits per heavy atom. The van der Waals surface area contributed by atoms with E-state index in [1.807, 2.05) is 11.3 Å². The minimum atomic E-state index is 0.562. The maximum absolute atomic E-state index is 3.78. The van der Waals surface area contributed by atoms with Crippen LogP contribution in [0.3, 0.4) is 0 Å². The average molecular weight is 277 g/mol. The van der Waals surface area contributed by atoms with E-state index in [1.54, 1.807) is 11.3 Å². The minimum absolute atomic E-state index is 0.562. The summed E-state index contributed by atoms with van der Waals surface area (Å²) >= 11 is 3.68. The first kappa shape index (κ1) is 12.4. The fraction of sp³-hybridized carbons (Fsp3) is 0.467. The number of hydrogen-bond donors (Lipinski definition) is 1. The van der Waals surface area contributed by atoms with Crippen molar-refractivity contribution in [3.63, 3.8) is 0 Å². The van der Waals surface area contributed by atoms with E-state index in [0.29, 0.717) is 6.04 Å². The Morgan fingerprint density at radius 3 is 2.78 bits per heavy atom. The fourth-order valence-corrected chi connectivity index (χ4v) is 4.44. The average Bonchev–Trinajstić information content (AvgIpc) is 3.14. The molecule has 3 rings (SSSR count). The predicted octanol–water partition coefficient (Wildman–Crippen LogP) is 4.83. The van der Waals surface area contributed by atoms with Crippen LogP contribution in [-0.4, -0.2) is 0 Å². The largest absolute Gasteiger partial charge is 0.305 e. The SMILES string of the molecule is c1csc(C(NCc2ccsc2)C2CCCC2)c1. The van der Waals surface area contributed by atoms with Gasteiger partial charge in [0.05, 0.1) is 0 Å². The monoisotopic (exact) mass is 277 g/mol. The molecule has 1 atom stereocenters. The van der Waals surface area contributed by atoms with Crippen molar-refractivity contribution < 1.29 is 0 Å². The van der Waals surface area contributed by atoms with Crippen LogP contribution < -0.4 is 5.32 Å². The van der Waals surface area contributed by atoms with E-state index in [0.717, 1.165) is 12.5 Å². The van der Waals surface area contributed by atoms with E-state index >= 15 is 0 Å². The summed E-state index contributed by atoms with van der Waals surface area (Å²) in [5, 5.41) is 10.4. The first-order valence-corrected chi connectivity index (χ1v) is 8.53. The summed E-state index contributed by atoms with van der Waals surface area (Å²) in [6.45, 7) is 1.00. The lowest BCUT2D eigenvalue weighted by Crippen LogP contribution is -2.25. The summed E-state index contributed by atoms with van der Waals surface area (Å²) in [6, 6.07) is 7.24. The van der Waals surface area contributed by atoms with Crippen molar-refractivity contribution in [2.45, 2.75) is 38.3 Å². The van der Waals surface area contributed by atoms with Crippen molar-refractivity contribution in [1.82, 2.24) is 5.32 Å². The molecule has 0 saturated heterocycles. The van der Waals surface area contributed by atoms with Crippen molar-refractivity contribution in [2.75, 3.05) is 0 Å².